The molecule has 0 aromatic heterocycles. The minimum atomic E-state index is -0.515. The first-order chi connectivity index (χ1) is 8.99. The Kier molecular flexibility index (Phi) is 2.76. The van der Waals surface area contributed by atoms with Gasteiger partial charge in [-0.15, -0.1) is 0 Å². The van der Waals surface area contributed by atoms with Gasteiger partial charge in [0.15, 0.2) is 0 Å². The number of cyclic esters (lactones) is 1. The molecule has 1 saturated heterocycles. The summed E-state index contributed by atoms with van der Waals surface area (Å²) in [5, 5.41) is 0. The lowest BCUT2D eigenvalue weighted by molar-refractivity contribution is -0.174. The van der Waals surface area contributed by atoms with E-state index in [9.17, 15) is 14.4 Å². The van der Waals surface area contributed by atoms with E-state index in [2.05, 4.69) is 0 Å². The Balaban J connectivity index is 1.86. The molecular formula is C13H16O6. The molecule has 3 aliphatic rings. The topological polar surface area (TPSA) is 78.9 Å². The highest BCUT2D eigenvalue weighted by molar-refractivity contribution is 5.76. The van der Waals surface area contributed by atoms with Crippen molar-refractivity contribution in [1.82, 2.24) is 0 Å². The fourth-order valence-electron chi connectivity index (χ4n) is 3.97. The Morgan fingerprint density at radius 1 is 1.05 bits per heavy atom. The summed E-state index contributed by atoms with van der Waals surface area (Å²) in [4.78, 5) is 34.1. The molecule has 0 aromatic rings. The van der Waals surface area contributed by atoms with Crippen molar-refractivity contribution in [3.05, 3.63) is 0 Å². The minimum absolute atomic E-state index is 0.0506. The molecule has 0 aromatic carbocycles. The monoisotopic (exact) mass is 268 g/mol. The van der Waals surface area contributed by atoms with Crippen LogP contribution in [0.25, 0.3) is 0 Å². The third-order valence-electron chi connectivity index (χ3n) is 4.48. The molecule has 0 spiro atoms. The molecule has 19 heavy (non-hydrogen) atoms. The number of esters is 3. The Bertz CT molecular complexity index is 444. The number of hydrogen-bond acceptors (Lipinski definition) is 6. The normalized spacial score (nSPS) is 42.7. The summed E-state index contributed by atoms with van der Waals surface area (Å²) < 4.78 is 15.7. The molecule has 0 N–H and O–H groups in total. The summed E-state index contributed by atoms with van der Waals surface area (Å²) in [6.45, 7) is 3.04. The van der Waals surface area contributed by atoms with Crippen molar-refractivity contribution in [3.63, 3.8) is 0 Å². The van der Waals surface area contributed by atoms with Crippen molar-refractivity contribution in [2.24, 2.45) is 23.7 Å². The van der Waals surface area contributed by atoms with Crippen molar-refractivity contribution in [1.29, 1.82) is 0 Å². The van der Waals surface area contributed by atoms with Gasteiger partial charge in [0.2, 0.25) is 0 Å². The second kappa shape index (κ2) is 4.21. The van der Waals surface area contributed by atoms with Crippen LogP contribution in [0.3, 0.4) is 0 Å². The Hall–Kier alpha value is -1.59. The van der Waals surface area contributed by atoms with Gasteiger partial charge in [-0.1, -0.05) is 0 Å². The standard InChI is InChI=1S/C13H16O6/c1-5(14)18-11-7-3-8(12(11)19-6(2)15)10-9(7)4-17-13(10)16/h7-12H,3-4H2,1-2H3. The number of hydrogen-bond donors (Lipinski definition) is 0. The van der Waals surface area contributed by atoms with Crippen LogP contribution in [0.2, 0.25) is 0 Å². The molecule has 0 amide bonds. The van der Waals surface area contributed by atoms with Gasteiger partial charge >= 0.3 is 17.9 Å². The van der Waals surface area contributed by atoms with Crippen LogP contribution in [-0.2, 0) is 28.6 Å². The van der Waals surface area contributed by atoms with Crippen LogP contribution in [0.15, 0.2) is 0 Å². The maximum absolute atomic E-state index is 11.7. The largest absolute Gasteiger partial charge is 0.465 e. The minimum Gasteiger partial charge on any atom is -0.465 e. The van der Waals surface area contributed by atoms with Gasteiger partial charge in [0.1, 0.15) is 12.2 Å². The third kappa shape index (κ3) is 1.81. The molecular weight excluding hydrogens is 252 g/mol. The van der Waals surface area contributed by atoms with Gasteiger partial charge in [0, 0.05) is 31.6 Å². The molecule has 6 nitrogen and oxygen atoms in total. The van der Waals surface area contributed by atoms with E-state index < -0.39 is 24.1 Å². The van der Waals surface area contributed by atoms with Crippen LogP contribution >= 0.6 is 0 Å². The summed E-state index contributed by atoms with van der Waals surface area (Å²) in [7, 11) is 0. The van der Waals surface area contributed by atoms with Crippen molar-refractivity contribution in [2.45, 2.75) is 32.5 Å². The van der Waals surface area contributed by atoms with Crippen LogP contribution in [0.1, 0.15) is 20.3 Å². The first kappa shape index (κ1) is 12.4. The quantitative estimate of drug-likeness (QED) is 0.529. The summed E-state index contributed by atoms with van der Waals surface area (Å²) >= 11 is 0. The van der Waals surface area contributed by atoms with Crippen molar-refractivity contribution in [3.8, 4) is 0 Å². The Labute approximate surface area is 110 Å². The van der Waals surface area contributed by atoms with E-state index in [4.69, 9.17) is 14.2 Å². The van der Waals surface area contributed by atoms with E-state index in [1.54, 1.807) is 0 Å². The molecule has 1 heterocycles. The molecule has 6 heteroatoms. The van der Waals surface area contributed by atoms with Crippen LogP contribution in [-0.4, -0.2) is 36.7 Å². The molecule has 104 valence electrons. The smallest absolute Gasteiger partial charge is 0.309 e. The number of fused-ring (bicyclic) bond motifs is 5. The van der Waals surface area contributed by atoms with E-state index in [0.717, 1.165) is 6.42 Å². The maximum atomic E-state index is 11.7. The first-order valence-electron chi connectivity index (χ1n) is 6.50. The highest BCUT2D eigenvalue weighted by atomic mass is 16.6. The van der Waals surface area contributed by atoms with Gasteiger partial charge in [0.25, 0.3) is 0 Å². The molecule has 0 radical (unpaired) electrons. The number of ether oxygens (including phenoxy) is 3. The van der Waals surface area contributed by atoms with Gasteiger partial charge in [-0.2, -0.15) is 0 Å². The second-order valence-corrected chi connectivity index (χ2v) is 5.53. The van der Waals surface area contributed by atoms with Gasteiger partial charge in [0.05, 0.1) is 12.5 Å². The number of carbonyl (C=O) groups excluding carboxylic acids is 3. The van der Waals surface area contributed by atoms with E-state index in [1.165, 1.54) is 13.8 Å². The Morgan fingerprint density at radius 2 is 1.63 bits per heavy atom. The molecule has 6 atom stereocenters. The number of carbonyl (C=O) groups is 3. The zero-order valence-electron chi connectivity index (χ0n) is 10.8. The van der Waals surface area contributed by atoms with Crippen LogP contribution < -0.4 is 0 Å². The van der Waals surface area contributed by atoms with Crippen LogP contribution in [0, 0.1) is 23.7 Å². The zero-order valence-corrected chi connectivity index (χ0v) is 10.8. The molecule has 3 rings (SSSR count). The first-order valence-corrected chi connectivity index (χ1v) is 6.50. The third-order valence-corrected chi connectivity index (χ3v) is 4.48. The van der Waals surface area contributed by atoms with Crippen molar-refractivity contribution in [2.75, 3.05) is 6.61 Å². The maximum Gasteiger partial charge on any atom is 0.309 e. The average Bonchev–Trinajstić information content (AvgIpc) is 2.92. The van der Waals surface area contributed by atoms with Gasteiger partial charge in [-0.05, 0) is 6.42 Å². The lowest BCUT2D eigenvalue weighted by Gasteiger charge is -2.34. The average molecular weight is 268 g/mol. The highest BCUT2D eigenvalue weighted by Crippen LogP contribution is 2.57. The fraction of sp³-hybridized carbons (Fsp3) is 0.769. The van der Waals surface area contributed by atoms with E-state index >= 15 is 0 Å². The van der Waals surface area contributed by atoms with Crippen molar-refractivity contribution >= 4 is 17.9 Å². The highest BCUT2D eigenvalue weighted by Gasteiger charge is 2.65. The van der Waals surface area contributed by atoms with Gasteiger partial charge < -0.3 is 14.2 Å². The lowest BCUT2D eigenvalue weighted by atomic mass is 9.78. The van der Waals surface area contributed by atoms with Crippen LogP contribution in [0.5, 0.6) is 0 Å². The van der Waals surface area contributed by atoms with Crippen molar-refractivity contribution < 1.29 is 28.6 Å². The fourth-order valence-corrected chi connectivity index (χ4v) is 3.97. The summed E-state index contributed by atoms with van der Waals surface area (Å²) in [6, 6.07) is 0. The van der Waals surface area contributed by atoms with Crippen LogP contribution in [0.4, 0.5) is 0 Å². The summed E-state index contributed by atoms with van der Waals surface area (Å²) in [5.41, 5.74) is 0. The SMILES string of the molecule is CC(=O)OC1C2CC(C1OC(C)=O)C1C(=O)OCC21. The molecule has 2 aliphatic carbocycles. The molecule has 2 bridgehead atoms. The summed E-state index contributed by atoms with van der Waals surface area (Å²) in [6.07, 6.45) is -0.208. The molecule has 3 fully saturated rings. The predicted molar refractivity (Wildman–Crippen MR) is 60.6 cm³/mol. The molecule has 6 unspecified atom stereocenters. The zero-order chi connectivity index (χ0) is 13.7. The van der Waals surface area contributed by atoms with Gasteiger partial charge in [-0.25, -0.2) is 0 Å². The molecule has 1 aliphatic heterocycles. The number of rotatable bonds is 2. The van der Waals surface area contributed by atoms with E-state index in [1.807, 2.05) is 0 Å². The Morgan fingerprint density at radius 3 is 2.21 bits per heavy atom. The predicted octanol–water partition coefficient (Wildman–Crippen LogP) is 0.289. The van der Waals surface area contributed by atoms with Gasteiger partial charge in [-0.3, -0.25) is 14.4 Å². The molecule has 2 saturated carbocycles. The summed E-state index contributed by atoms with van der Waals surface area (Å²) in [5.74, 6) is -1.17. The van der Waals surface area contributed by atoms with E-state index in [-0.39, 0.29) is 29.6 Å². The van der Waals surface area contributed by atoms with E-state index in [0.29, 0.717) is 6.61 Å². The lowest BCUT2D eigenvalue weighted by Crippen LogP contribution is -2.46. The second-order valence-electron chi connectivity index (χ2n) is 5.53.